The molecule has 0 amide bonds. The van der Waals surface area contributed by atoms with E-state index in [1.54, 1.807) is 19.9 Å². The molecule has 1 aromatic carbocycles. The fourth-order valence-electron chi connectivity index (χ4n) is 1.34. The van der Waals surface area contributed by atoms with Crippen molar-refractivity contribution in [2.24, 2.45) is 0 Å². The number of nitriles is 1. The zero-order valence-corrected chi connectivity index (χ0v) is 8.89. The number of rotatable bonds is 1. The van der Waals surface area contributed by atoms with Crippen molar-refractivity contribution in [3.63, 3.8) is 0 Å². The highest BCUT2D eigenvalue weighted by Crippen LogP contribution is 2.31. The standard InChI is InChI=1S/C12H10F3N/c1-8-3-10(4-9(2)7-16)6-11(5-8)12(13,14)15/h3-6H,1-2H3/b9-4-. The molecule has 0 heterocycles. The minimum atomic E-state index is -4.35. The molecule has 0 aliphatic heterocycles. The van der Waals surface area contributed by atoms with Crippen LogP contribution in [-0.2, 0) is 6.18 Å². The molecule has 0 saturated carbocycles. The van der Waals surface area contributed by atoms with Gasteiger partial charge in [0, 0.05) is 5.57 Å². The van der Waals surface area contributed by atoms with Crippen molar-refractivity contribution in [1.29, 1.82) is 5.26 Å². The van der Waals surface area contributed by atoms with Crippen molar-refractivity contribution in [3.8, 4) is 6.07 Å². The van der Waals surface area contributed by atoms with Crippen molar-refractivity contribution in [3.05, 3.63) is 40.5 Å². The quantitative estimate of drug-likeness (QED) is 0.664. The number of aryl methyl sites for hydroxylation is 1. The zero-order chi connectivity index (χ0) is 12.3. The van der Waals surface area contributed by atoms with E-state index < -0.39 is 11.7 Å². The lowest BCUT2D eigenvalue weighted by molar-refractivity contribution is -0.137. The third-order valence-electron chi connectivity index (χ3n) is 1.99. The molecule has 0 radical (unpaired) electrons. The normalized spacial score (nSPS) is 12.4. The fraction of sp³-hybridized carbons (Fsp3) is 0.250. The summed E-state index contributed by atoms with van der Waals surface area (Å²) in [4.78, 5) is 0. The van der Waals surface area contributed by atoms with Gasteiger partial charge in [-0.25, -0.2) is 0 Å². The Morgan fingerprint density at radius 3 is 2.44 bits per heavy atom. The summed E-state index contributed by atoms with van der Waals surface area (Å²) in [5.41, 5.74) is 0.599. The lowest BCUT2D eigenvalue weighted by Crippen LogP contribution is -2.05. The minimum absolute atomic E-state index is 0.374. The van der Waals surface area contributed by atoms with Crippen molar-refractivity contribution < 1.29 is 13.2 Å². The number of alkyl halides is 3. The van der Waals surface area contributed by atoms with Crippen LogP contribution in [0.15, 0.2) is 23.8 Å². The summed E-state index contributed by atoms with van der Waals surface area (Å²) in [6.45, 7) is 3.14. The first-order valence-corrected chi connectivity index (χ1v) is 4.60. The predicted molar refractivity (Wildman–Crippen MR) is 55.4 cm³/mol. The van der Waals surface area contributed by atoms with E-state index in [0.717, 1.165) is 12.1 Å². The second-order valence-electron chi connectivity index (χ2n) is 3.57. The van der Waals surface area contributed by atoms with Gasteiger partial charge in [0.2, 0.25) is 0 Å². The highest BCUT2D eigenvalue weighted by Gasteiger charge is 2.30. The second kappa shape index (κ2) is 4.40. The van der Waals surface area contributed by atoms with Crippen LogP contribution in [0.2, 0.25) is 0 Å². The van der Waals surface area contributed by atoms with Gasteiger partial charge in [-0.15, -0.1) is 0 Å². The SMILES string of the molecule is C/C(C#N)=C/c1cc(C)cc(C(F)(F)F)c1. The summed E-state index contributed by atoms with van der Waals surface area (Å²) in [6.07, 6.45) is -2.92. The zero-order valence-electron chi connectivity index (χ0n) is 8.89. The van der Waals surface area contributed by atoms with Crippen molar-refractivity contribution >= 4 is 6.08 Å². The molecule has 4 heteroatoms. The maximum Gasteiger partial charge on any atom is 0.416 e. The Balaban J connectivity index is 3.25. The Bertz CT molecular complexity index is 464. The molecule has 0 aromatic heterocycles. The summed E-state index contributed by atoms with van der Waals surface area (Å²) in [6, 6.07) is 5.60. The average molecular weight is 225 g/mol. The van der Waals surface area contributed by atoms with Crippen LogP contribution >= 0.6 is 0 Å². The molecule has 0 bridgehead atoms. The molecule has 0 aliphatic rings. The molecule has 1 nitrogen and oxygen atoms in total. The van der Waals surface area contributed by atoms with E-state index in [9.17, 15) is 13.2 Å². The van der Waals surface area contributed by atoms with Gasteiger partial charge < -0.3 is 0 Å². The lowest BCUT2D eigenvalue weighted by Gasteiger charge is -2.08. The first-order chi connectivity index (χ1) is 7.32. The van der Waals surface area contributed by atoms with E-state index in [0.29, 0.717) is 16.7 Å². The molecule has 0 saturated heterocycles. The van der Waals surface area contributed by atoms with Crippen LogP contribution < -0.4 is 0 Å². The van der Waals surface area contributed by atoms with Gasteiger partial charge in [-0.2, -0.15) is 18.4 Å². The Morgan fingerprint density at radius 2 is 1.94 bits per heavy atom. The maximum absolute atomic E-state index is 12.5. The topological polar surface area (TPSA) is 23.8 Å². The molecule has 1 aromatic rings. The Kier molecular flexibility index (Phi) is 3.38. The van der Waals surface area contributed by atoms with E-state index in [-0.39, 0.29) is 0 Å². The van der Waals surface area contributed by atoms with Crippen LogP contribution in [-0.4, -0.2) is 0 Å². The molecule has 0 aliphatic carbocycles. The molecule has 0 atom stereocenters. The van der Waals surface area contributed by atoms with Gasteiger partial charge in [0.25, 0.3) is 0 Å². The molecular weight excluding hydrogens is 215 g/mol. The van der Waals surface area contributed by atoms with Crippen LogP contribution in [0, 0.1) is 18.3 Å². The molecule has 84 valence electrons. The van der Waals surface area contributed by atoms with Crippen LogP contribution in [0.5, 0.6) is 0 Å². The molecule has 0 N–H and O–H groups in total. The van der Waals surface area contributed by atoms with Crippen LogP contribution in [0.4, 0.5) is 13.2 Å². The van der Waals surface area contributed by atoms with Gasteiger partial charge in [-0.05, 0) is 43.2 Å². The molecule has 0 fully saturated rings. The molecule has 1 rings (SSSR count). The summed E-state index contributed by atoms with van der Waals surface area (Å²) in [5, 5.41) is 8.55. The summed E-state index contributed by atoms with van der Waals surface area (Å²) in [7, 11) is 0. The number of hydrogen-bond donors (Lipinski definition) is 0. The van der Waals surface area contributed by atoms with Crippen LogP contribution in [0.25, 0.3) is 6.08 Å². The molecule has 0 spiro atoms. The highest BCUT2D eigenvalue weighted by molar-refractivity contribution is 5.58. The number of halogens is 3. The van der Waals surface area contributed by atoms with Gasteiger partial charge in [0.15, 0.2) is 0 Å². The van der Waals surface area contributed by atoms with Crippen molar-refractivity contribution in [1.82, 2.24) is 0 Å². The Hall–Kier alpha value is -1.76. The maximum atomic E-state index is 12.5. The van der Waals surface area contributed by atoms with Crippen molar-refractivity contribution in [2.75, 3.05) is 0 Å². The van der Waals surface area contributed by atoms with E-state index in [2.05, 4.69) is 0 Å². The summed E-state index contributed by atoms with van der Waals surface area (Å²) >= 11 is 0. The third kappa shape index (κ3) is 3.13. The Morgan fingerprint density at radius 1 is 1.31 bits per heavy atom. The Labute approximate surface area is 91.8 Å². The fourth-order valence-corrected chi connectivity index (χ4v) is 1.34. The summed E-state index contributed by atoms with van der Waals surface area (Å²) < 4.78 is 37.4. The predicted octanol–water partition coefficient (Wildman–Crippen LogP) is 3.94. The largest absolute Gasteiger partial charge is 0.416 e. The first kappa shape index (κ1) is 12.3. The average Bonchev–Trinajstić information content (AvgIpc) is 2.15. The highest BCUT2D eigenvalue weighted by atomic mass is 19.4. The van der Waals surface area contributed by atoms with Crippen LogP contribution in [0.3, 0.4) is 0 Å². The number of hydrogen-bond acceptors (Lipinski definition) is 1. The van der Waals surface area contributed by atoms with E-state index in [1.165, 1.54) is 6.08 Å². The second-order valence-corrected chi connectivity index (χ2v) is 3.57. The summed E-state index contributed by atoms with van der Waals surface area (Å²) in [5.74, 6) is 0. The monoisotopic (exact) mass is 225 g/mol. The van der Waals surface area contributed by atoms with Crippen molar-refractivity contribution in [2.45, 2.75) is 20.0 Å². The third-order valence-corrected chi connectivity index (χ3v) is 1.99. The van der Waals surface area contributed by atoms with E-state index in [1.807, 2.05) is 6.07 Å². The van der Waals surface area contributed by atoms with Gasteiger partial charge in [-0.1, -0.05) is 6.07 Å². The molecule has 16 heavy (non-hydrogen) atoms. The van der Waals surface area contributed by atoms with E-state index in [4.69, 9.17) is 5.26 Å². The van der Waals surface area contributed by atoms with Gasteiger partial charge >= 0.3 is 6.18 Å². The minimum Gasteiger partial charge on any atom is -0.193 e. The smallest absolute Gasteiger partial charge is 0.193 e. The number of benzene rings is 1. The van der Waals surface area contributed by atoms with Crippen LogP contribution in [0.1, 0.15) is 23.6 Å². The first-order valence-electron chi connectivity index (χ1n) is 4.60. The lowest BCUT2D eigenvalue weighted by atomic mass is 10.0. The number of allylic oxidation sites excluding steroid dienone is 1. The number of nitrogens with zero attached hydrogens (tertiary/aromatic N) is 1. The van der Waals surface area contributed by atoms with Gasteiger partial charge in [-0.3, -0.25) is 0 Å². The molecular formula is C12H10F3N. The molecule has 0 unspecified atom stereocenters. The van der Waals surface area contributed by atoms with Gasteiger partial charge in [0.05, 0.1) is 11.6 Å². The van der Waals surface area contributed by atoms with Gasteiger partial charge in [0.1, 0.15) is 0 Å². The van der Waals surface area contributed by atoms with E-state index >= 15 is 0 Å².